The third-order valence-electron chi connectivity index (χ3n) is 3.15. The number of piperazine rings is 1. The first kappa shape index (κ1) is 12.4. The van der Waals surface area contributed by atoms with Crippen LogP contribution >= 0.6 is 0 Å². The van der Waals surface area contributed by atoms with Crippen LogP contribution in [-0.2, 0) is 8.62 Å². The molecular weight excluding hydrogens is 267 g/mol. The van der Waals surface area contributed by atoms with E-state index < -0.39 is 15.0 Å². The molecule has 1 heterocycles. The van der Waals surface area contributed by atoms with E-state index in [9.17, 15) is 4.79 Å². The zero-order valence-corrected chi connectivity index (χ0v) is 12.2. The molecule has 2 fully saturated rings. The van der Waals surface area contributed by atoms with Gasteiger partial charge in [0.25, 0.3) is 0 Å². The number of hydroxylamine groups is 2. The van der Waals surface area contributed by atoms with Crippen molar-refractivity contribution in [3.05, 3.63) is 0 Å². The molecule has 1 atom stereocenters. The Kier molecular flexibility index (Phi) is 3.93. The summed E-state index contributed by atoms with van der Waals surface area (Å²) in [5, 5.41) is 1.90. The van der Waals surface area contributed by atoms with Crippen LogP contribution in [0.4, 0.5) is 0 Å². The maximum atomic E-state index is 11.8. The summed E-state index contributed by atoms with van der Waals surface area (Å²) in [5.74, 6) is 0.208. The third kappa shape index (κ3) is 2.99. The van der Waals surface area contributed by atoms with Crippen molar-refractivity contribution in [1.29, 1.82) is 0 Å². The fourth-order valence-electron chi connectivity index (χ4n) is 1.97. The van der Waals surface area contributed by atoms with E-state index >= 15 is 0 Å². The van der Waals surface area contributed by atoms with E-state index in [4.69, 9.17) is 3.83 Å². The van der Waals surface area contributed by atoms with Gasteiger partial charge in [-0.2, -0.15) is 0 Å². The molecule has 1 saturated carbocycles. The molecule has 0 spiro atoms. The van der Waals surface area contributed by atoms with Gasteiger partial charge in [0.15, 0.2) is 0 Å². The number of amides is 1. The normalized spacial score (nSPS) is 25.2. The summed E-state index contributed by atoms with van der Waals surface area (Å²) in [7, 11) is 0. The topological polar surface area (TPSA) is 32.8 Å². The Morgan fingerprint density at radius 1 is 1.38 bits per heavy atom. The van der Waals surface area contributed by atoms with E-state index in [2.05, 4.69) is 19.6 Å². The van der Waals surface area contributed by atoms with Gasteiger partial charge in [-0.1, -0.05) is 0 Å². The van der Waals surface area contributed by atoms with Gasteiger partial charge < -0.3 is 0 Å². The Morgan fingerprint density at radius 3 is 2.56 bits per heavy atom. The summed E-state index contributed by atoms with van der Waals surface area (Å²) in [6, 6.07) is 0.313. The second-order valence-electron chi connectivity index (χ2n) is 4.90. The van der Waals surface area contributed by atoms with E-state index in [1.54, 1.807) is 0 Å². The molecule has 0 aromatic carbocycles. The Hall–Kier alpha value is -0.0516. The zero-order valence-electron chi connectivity index (χ0n) is 10.3. The van der Waals surface area contributed by atoms with Crippen molar-refractivity contribution in [3.8, 4) is 0 Å². The first-order valence-corrected chi connectivity index (χ1v) is 9.76. The Balaban J connectivity index is 1.80. The molecule has 0 N–H and O–H groups in total. The number of hydrogen-bond donors (Lipinski definition) is 0. The van der Waals surface area contributed by atoms with E-state index in [0.717, 1.165) is 17.8 Å². The molecule has 4 nitrogen and oxygen atoms in total. The number of carbonyl (C=O) groups is 1. The van der Waals surface area contributed by atoms with Gasteiger partial charge in [0.05, 0.1) is 0 Å². The van der Waals surface area contributed by atoms with Gasteiger partial charge in [0, 0.05) is 0 Å². The summed E-state index contributed by atoms with van der Waals surface area (Å²) >= 11 is -1.12. The van der Waals surface area contributed by atoms with Crippen LogP contribution in [0.5, 0.6) is 0 Å². The fraction of sp³-hybridized carbons (Fsp3) is 0.909. The maximum absolute atomic E-state index is 11.8. The van der Waals surface area contributed by atoms with Crippen LogP contribution in [0.3, 0.4) is 0 Å². The van der Waals surface area contributed by atoms with Gasteiger partial charge in [-0.3, -0.25) is 0 Å². The van der Waals surface area contributed by atoms with Gasteiger partial charge in [0.2, 0.25) is 0 Å². The molecular formula is C11H21AsN2O2. The van der Waals surface area contributed by atoms with Gasteiger partial charge in [-0.05, 0) is 0 Å². The van der Waals surface area contributed by atoms with Crippen LogP contribution in [-0.4, -0.2) is 56.5 Å². The van der Waals surface area contributed by atoms with Gasteiger partial charge in [-0.25, -0.2) is 0 Å². The molecule has 0 aromatic heterocycles. The summed E-state index contributed by atoms with van der Waals surface area (Å²) < 4.78 is 6.81. The molecule has 0 radical (unpaired) electrons. The number of nitrogens with zero attached hydrogens (tertiary/aromatic N) is 2. The minimum absolute atomic E-state index is 0.208. The molecule has 1 unspecified atom stereocenters. The van der Waals surface area contributed by atoms with Crippen LogP contribution < -0.4 is 0 Å². The molecule has 1 aliphatic carbocycles. The van der Waals surface area contributed by atoms with Crippen molar-refractivity contribution in [3.63, 3.8) is 0 Å². The van der Waals surface area contributed by atoms with Crippen LogP contribution in [0.2, 0.25) is 10.4 Å². The second kappa shape index (κ2) is 5.07. The SMILES string of the molecule is CC(C)N1CCN(O[As](C)C2CC2)CC1=O. The molecule has 92 valence electrons. The van der Waals surface area contributed by atoms with Crippen molar-refractivity contribution >= 4 is 20.9 Å². The summed E-state index contributed by atoms with van der Waals surface area (Å²) in [6.07, 6.45) is 2.69. The molecule has 2 aliphatic rings. The van der Waals surface area contributed by atoms with Crippen molar-refractivity contribution in [2.45, 2.75) is 43.1 Å². The van der Waals surface area contributed by atoms with E-state index in [0.29, 0.717) is 12.6 Å². The molecule has 2 rings (SSSR count). The van der Waals surface area contributed by atoms with E-state index in [1.165, 1.54) is 12.8 Å². The Bertz CT molecular complexity index is 269. The van der Waals surface area contributed by atoms with Crippen molar-refractivity contribution < 1.29 is 8.62 Å². The third-order valence-corrected chi connectivity index (χ3v) is 7.42. The Morgan fingerprint density at radius 2 is 2.06 bits per heavy atom. The predicted molar refractivity (Wildman–Crippen MR) is 64.1 cm³/mol. The van der Waals surface area contributed by atoms with Crippen molar-refractivity contribution in [2.75, 3.05) is 19.6 Å². The number of hydrogen-bond acceptors (Lipinski definition) is 3. The minimum atomic E-state index is -1.12. The quantitative estimate of drug-likeness (QED) is 0.730. The van der Waals surface area contributed by atoms with Crippen LogP contribution in [0.25, 0.3) is 0 Å². The number of rotatable bonds is 4. The molecule has 1 saturated heterocycles. The standard InChI is InChI=1S/C11H21AsN2O2/c1-9(2)14-7-6-13(8-11(14)15)16-12(3)10-4-5-10/h9-10H,4-8H2,1-3H3. The van der Waals surface area contributed by atoms with Crippen LogP contribution in [0.15, 0.2) is 0 Å². The van der Waals surface area contributed by atoms with E-state index in [1.807, 2.05) is 9.96 Å². The van der Waals surface area contributed by atoms with Gasteiger partial charge >= 0.3 is 102 Å². The second-order valence-corrected chi connectivity index (χ2v) is 9.07. The molecule has 5 heteroatoms. The zero-order chi connectivity index (χ0) is 11.7. The molecule has 0 aromatic rings. The van der Waals surface area contributed by atoms with Crippen molar-refractivity contribution in [2.24, 2.45) is 0 Å². The fourth-order valence-corrected chi connectivity index (χ4v) is 5.14. The van der Waals surface area contributed by atoms with Crippen LogP contribution in [0, 0.1) is 0 Å². The summed E-state index contributed by atoms with van der Waals surface area (Å²) in [5.41, 5.74) is 2.25. The molecule has 1 aliphatic heterocycles. The van der Waals surface area contributed by atoms with Gasteiger partial charge in [0.1, 0.15) is 0 Å². The monoisotopic (exact) mass is 288 g/mol. The van der Waals surface area contributed by atoms with Crippen molar-refractivity contribution in [1.82, 2.24) is 9.96 Å². The average molecular weight is 288 g/mol. The molecule has 1 amide bonds. The number of carbonyl (C=O) groups excluding carboxylic acids is 1. The van der Waals surface area contributed by atoms with Gasteiger partial charge in [-0.15, -0.1) is 0 Å². The Labute approximate surface area is 102 Å². The first-order chi connectivity index (χ1) is 7.58. The summed E-state index contributed by atoms with van der Waals surface area (Å²) in [6.45, 7) is 6.26. The average Bonchev–Trinajstić information content (AvgIpc) is 2.99. The molecule has 16 heavy (non-hydrogen) atoms. The van der Waals surface area contributed by atoms with E-state index in [-0.39, 0.29) is 5.91 Å². The predicted octanol–water partition coefficient (Wildman–Crippen LogP) is 1.26. The van der Waals surface area contributed by atoms with Crippen LogP contribution in [0.1, 0.15) is 26.7 Å². The molecule has 0 bridgehead atoms. The summed E-state index contributed by atoms with van der Waals surface area (Å²) in [4.78, 5) is 13.8. The first-order valence-electron chi connectivity index (χ1n) is 6.03.